The molecule has 1 aromatic rings. The molecule has 0 aromatic carbocycles. The van der Waals surface area contributed by atoms with Gasteiger partial charge >= 0.3 is 0 Å². The molecule has 94 valence electrons. The Bertz CT molecular complexity index is 377. The second-order valence-electron chi connectivity index (χ2n) is 4.64. The van der Waals surface area contributed by atoms with Crippen molar-refractivity contribution in [3.8, 4) is 0 Å². The van der Waals surface area contributed by atoms with Gasteiger partial charge in [-0.1, -0.05) is 0 Å². The number of anilines is 2. The summed E-state index contributed by atoms with van der Waals surface area (Å²) in [7, 11) is 0. The molecule has 1 unspecified atom stereocenters. The maximum atomic E-state index is 5.91. The van der Waals surface area contributed by atoms with Crippen molar-refractivity contribution < 1.29 is 0 Å². The Kier molecular flexibility index (Phi) is 4.23. The van der Waals surface area contributed by atoms with E-state index in [1.54, 1.807) is 6.20 Å². The minimum atomic E-state index is 0.365. The molecule has 1 aliphatic rings. The quantitative estimate of drug-likeness (QED) is 0.896. The van der Waals surface area contributed by atoms with Gasteiger partial charge in [-0.25, -0.2) is 4.98 Å². The lowest BCUT2D eigenvalue weighted by Gasteiger charge is -2.22. The number of rotatable bonds is 4. The first kappa shape index (κ1) is 12.6. The van der Waals surface area contributed by atoms with Crippen molar-refractivity contribution in [2.24, 2.45) is 0 Å². The highest BCUT2D eigenvalue weighted by Crippen LogP contribution is 2.20. The van der Waals surface area contributed by atoms with Gasteiger partial charge in [-0.05, 0) is 54.9 Å². The van der Waals surface area contributed by atoms with Crippen LogP contribution in [-0.2, 0) is 0 Å². The molecule has 1 aliphatic heterocycles. The standard InChI is InChI=1S/C12H19BrN4/c1-9(8-17-4-2-3-5-17)16-12-11(14)6-10(13)7-15-12/h6-7,9H,2-5,8,14H2,1H3,(H,15,16). The molecule has 3 N–H and O–H groups in total. The molecule has 17 heavy (non-hydrogen) atoms. The summed E-state index contributed by atoms with van der Waals surface area (Å²) in [6.07, 6.45) is 4.41. The molecule has 5 heteroatoms. The molecule has 0 spiro atoms. The highest BCUT2D eigenvalue weighted by atomic mass is 79.9. The summed E-state index contributed by atoms with van der Waals surface area (Å²) < 4.78 is 0.910. The highest BCUT2D eigenvalue weighted by molar-refractivity contribution is 9.10. The van der Waals surface area contributed by atoms with Crippen molar-refractivity contribution in [3.63, 3.8) is 0 Å². The molecule has 2 heterocycles. The Labute approximate surface area is 111 Å². The van der Waals surface area contributed by atoms with Gasteiger partial charge in [0.2, 0.25) is 0 Å². The second kappa shape index (κ2) is 5.69. The minimum Gasteiger partial charge on any atom is -0.396 e. The van der Waals surface area contributed by atoms with Gasteiger partial charge < -0.3 is 16.0 Å². The van der Waals surface area contributed by atoms with Crippen molar-refractivity contribution in [3.05, 3.63) is 16.7 Å². The predicted molar refractivity (Wildman–Crippen MR) is 75.1 cm³/mol. The summed E-state index contributed by atoms with van der Waals surface area (Å²) in [4.78, 5) is 6.77. The number of hydrogen-bond acceptors (Lipinski definition) is 4. The van der Waals surface area contributed by atoms with Crippen molar-refractivity contribution >= 4 is 27.4 Å². The summed E-state index contributed by atoms with van der Waals surface area (Å²) in [5.41, 5.74) is 6.60. The van der Waals surface area contributed by atoms with E-state index >= 15 is 0 Å². The second-order valence-corrected chi connectivity index (χ2v) is 5.56. The highest BCUT2D eigenvalue weighted by Gasteiger charge is 2.15. The fourth-order valence-electron chi connectivity index (χ4n) is 2.21. The average Bonchev–Trinajstić information content (AvgIpc) is 2.75. The third-order valence-corrected chi connectivity index (χ3v) is 3.43. The molecule has 1 fully saturated rings. The summed E-state index contributed by atoms with van der Waals surface area (Å²) in [6, 6.07) is 2.24. The van der Waals surface area contributed by atoms with E-state index in [1.165, 1.54) is 25.9 Å². The smallest absolute Gasteiger partial charge is 0.149 e. The molecule has 0 radical (unpaired) electrons. The third kappa shape index (κ3) is 3.57. The lowest BCUT2D eigenvalue weighted by atomic mass is 10.3. The Morgan fingerprint density at radius 3 is 2.88 bits per heavy atom. The first-order valence-electron chi connectivity index (χ1n) is 6.05. The van der Waals surface area contributed by atoms with E-state index in [2.05, 4.69) is 38.1 Å². The number of pyridine rings is 1. The number of nitrogens with one attached hydrogen (secondary N) is 1. The number of nitrogen functional groups attached to an aromatic ring is 1. The zero-order chi connectivity index (χ0) is 12.3. The summed E-state index contributed by atoms with van der Waals surface area (Å²) >= 11 is 3.35. The zero-order valence-corrected chi connectivity index (χ0v) is 11.7. The van der Waals surface area contributed by atoms with Crippen molar-refractivity contribution in [1.82, 2.24) is 9.88 Å². The lowest BCUT2D eigenvalue weighted by Crippen LogP contribution is -2.33. The number of hydrogen-bond donors (Lipinski definition) is 2. The van der Waals surface area contributed by atoms with Gasteiger partial charge in [0.15, 0.2) is 0 Å². The Morgan fingerprint density at radius 2 is 2.24 bits per heavy atom. The fourth-order valence-corrected chi connectivity index (χ4v) is 2.56. The minimum absolute atomic E-state index is 0.365. The van der Waals surface area contributed by atoms with Gasteiger partial charge in [0.1, 0.15) is 5.82 Å². The first-order valence-corrected chi connectivity index (χ1v) is 6.84. The molecule has 0 amide bonds. The number of nitrogens with two attached hydrogens (primary N) is 1. The van der Waals surface area contributed by atoms with Crippen molar-refractivity contribution in [2.45, 2.75) is 25.8 Å². The summed E-state index contributed by atoms with van der Waals surface area (Å²) in [5, 5.41) is 3.37. The maximum Gasteiger partial charge on any atom is 0.149 e. The molecule has 1 aromatic heterocycles. The lowest BCUT2D eigenvalue weighted by molar-refractivity contribution is 0.327. The van der Waals surface area contributed by atoms with Gasteiger partial charge in [-0.3, -0.25) is 0 Å². The van der Waals surface area contributed by atoms with Gasteiger partial charge in [0, 0.05) is 23.3 Å². The fraction of sp³-hybridized carbons (Fsp3) is 0.583. The van der Waals surface area contributed by atoms with Crippen molar-refractivity contribution in [1.29, 1.82) is 0 Å². The van der Waals surface area contributed by atoms with Crippen LogP contribution < -0.4 is 11.1 Å². The largest absolute Gasteiger partial charge is 0.396 e. The van der Waals surface area contributed by atoms with Crippen LogP contribution in [0.4, 0.5) is 11.5 Å². The van der Waals surface area contributed by atoms with E-state index in [4.69, 9.17) is 5.73 Å². The van der Waals surface area contributed by atoms with Crippen LogP contribution in [0.15, 0.2) is 16.7 Å². The van der Waals surface area contributed by atoms with E-state index in [-0.39, 0.29) is 0 Å². The van der Waals surface area contributed by atoms with Gasteiger partial charge in [-0.15, -0.1) is 0 Å². The topological polar surface area (TPSA) is 54.2 Å². The molecular weight excluding hydrogens is 280 g/mol. The third-order valence-electron chi connectivity index (χ3n) is 3.00. The van der Waals surface area contributed by atoms with Crippen LogP contribution in [0.5, 0.6) is 0 Å². The SMILES string of the molecule is CC(CN1CCCC1)Nc1ncc(Br)cc1N. The number of likely N-dealkylation sites (tertiary alicyclic amines) is 1. The van der Waals surface area contributed by atoms with Gasteiger partial charge in [0.25, 0.3) is 0 Å². The molecule has 1 atom stereocenters. The van der Waals surface area contributed by atoms with Crippen molar-refractivity contribution in [2.75, 3.05) is 30.7 Å². The molecule has 1 saturated heterocycles. The summed E-state index contributed by atoms with van der Waals surface area (Å²) in [6.45, 7) is 5.66. The Hall–Kier alpha value is -0.810. The number of halogens is 1. The number of aromatic nitrogens is 1. The van der Waals surface area contributed by atoms with Crippen LogP contribution in [0.1, 0.15) is 19.8 Å². The van der Waals surface area contributed by atoms with E-state index in [0.717, 1.165) is 16.8 Å². The monoisotopic (exact) mass is 298 g/mol. The van der Waals surface area contributed by atoms with Crippen LogP contribution in [0.2, 0.25) is 0 Å². The molecule has 2 rings (SSSR count). The molecule has 0 bridgehead atoms. The predicted octanol–water partition coefficient (Wildman–Crippen LogP) is 2.32. The van der Waals surface area contributed by atoms with E-state index in [0.29, 0.717) is 11.7 Å². The van der Waals surface area contributed by atoms with Crippen LogP contribution in [0.3, 0.4) is 0 Å². The molecular formula is C12H19BrN4. The molecule has 0 aliphatic carbocycles. The van der Waals surface area contributed by atoms with Crippen LogP contribution in [0, 0.1) is 0 Å². The van der Waals surface area contributed by atoms with Crippen LogP contribution in [-0.4, -0.2) is 35.6 Å². The molecule has 0 saturated carbocycles. The zero-order valence-electron chi connectivity index (χ0n) is 10.1. The van der Waals surface area contributed by atoms with Gasteiger partial charge in [-0.2, -0.15) is 0 Å². The van der Waals surface area contributed by atoms with E-state index < -0.39 is 0 Å². The first-order chi connectivity index (χ1) is 8.15. The average molecular weight is 299 g/mol. The van der Waals surface area contributed by atoms with Gasteiger partial charge in [0.05, 0.1) is 5.69 Å². The van der Waals surface area contributed by atoms with E-state index in [1.807, 2.05) is 6.07 Å². The Balaban J connectivity index is 1.90. The van der Waals surface area contributed by atoms with Crippen LogP contribution >= 0.6 is 15.9 Å². The van der Waals surface area contributed by atoms with Crippen LogP contribution in [0.25, 0.3) is 0 Å². The maximum absolute atomic E-state index is 5.91. The Morgan fingerprint density at radius 1 is 1.53 bits per heavy atom. The summed E-state index contributed by atoms with van der Waals surface area (Å²) in [5.74, 6) is 0.778. The number of nitrogens with zero attached hydrogens (tertiary/aromatic N) is 2. The normalized spacial score (nSPS) is 18.2. The van der Waals surface area contributed by atoms with E-state index in [9.17, 15) is 0 Å². The molecule has 4 nitrogen and oxygen atoms in total.